The first-order chi connectivity index (χ1) is 8.58. The van der Waals surface area contributed by atoms with Crippen molar-refractivity contribution in [3.8, 4) is 0 Å². The van der Waals surface area contributed by atoms with Crippen LogP contribution in [-0.2, 0) is 11.2 Å². The Kier molecular flexibility index (Phi) is 3.94. The van der Waals surface area contributed by atoms with E-state index >= 15 is 0 Å². The number of carboxylic acids is 1. The van der Waals surface area contributed by atoms with Crippen LogP contribution in [0.5, 0.6) is 0 Å². The molecule has 0 spiro atoms. The molecule has 1 aromatic rings. The molecular weight excluding hydrogens is 230 g/mol. The van der Waals surface area contributed by atoms with Gasteiger partial charge in [0.05, 0.1) is 6.42 Å². The van der Waals surface area contributed by atoms with Crippen molar-refractivity contribution in [1.82, 2.24) is 0 Å². The highest BCUT2D eigenvalue weighted by molar-refractivity contribution is 5.66. The van der Waals surface area contributed by atoms with Gasteiger partial charge in [-0.05, 0) is 39.2 Å². The zero-order valence-corrected chi connectivity index (χ0v) is 11.1. The molecule has 0 radical (unpaired) electrons. The average Bonchev–Trinajstić information content (AvgIpc) is 2.75. The second-order valence-corrected chi connectivity index (χ2v) is 5.17. The lowest BCUT2D eigenvalue weighted by atomic mass is 9.98. The van der Waals surface area contributed by atoms with Crippen LogP contribution in [0.15, 0.2) is 16.5 Å². The van der Waals surface area contributed by atoms with Crippen LogP contribution < -0.4 is 4.90 Å². The Balaban J connectivity index is 2.06. The van der Waals surface area contributed by atoms with Crippen LogP contribution >= 0.6 is 0 Å². The molecule has 1 aromatic heterocycles. The van der Waals surface area contributed by atoms with Crippen molar-refractivity contribution in [3.63, 3.8) is 0 Å². The topological polar surface area (TPSA) is 53.7 Å². The van der Waals surface area contributed by atoms with Crippen molar-refractivity contribution in [1.29, 1.82) is 0 Å². The van der Waals surface area contributed by atoms with Gasteiger partial charge in [-0.25, -0.2) is 0 Å². The van der Waals surface area contributed by atoms with Crippen LogP contribution in [-0.4, -0.2) is 23.2 Å². The van der Waals surface area contributed by atoms with Gasteiger partial charge in [0.1, 0.15) is 5.76 Å². The summed E-state index contributed by atoms with van der Waals surface area (Å²) in [5.41, 5.74) is 0. The molecule has 2 heterocycles. The van der Waals surface area contributed by atoms with E-state index in [9.17, 15) is 4.79 Å². The highest BCUT2D eigenvalue weighted by Gasteiger charge is 2.26. The fourth-order valence-electron chi connectivity index (χ4n) is 2.73. The maximum absolute atomic E-state index is 10.5. The largest absolute Gasteiger partial charge is 0.481 e. The molecule has 100 valence electrons. The molecule has 1 N–H and O–H groups in total. The van der Waals surface area contributed by atoms with Gasteiger partial charge in [0.25, 0.3) is 0 Å². The summed E-state index contributed by atoms with van der Waals surface area (Å²) in [5, 5.41) is 8.66. The number of nitrogens with zero attached hydrogens (tertiary/aromatic N) is 1. The number of rotatable bonds is 4. The quantitative estimate of drug-likeness (QED) is 0.893. The van der Waals surface area contributed by atoms with E-state index < -0.39 is 5.97 Å². The lowest BCUT2D eigenvalue weighted by Gasteiger charge is -2.38. The van der Waals surface area contributed by atoms with E-state index in [-0.39, 0.29) is 6.42 Å². The second-order valence-electron chi connectivity index (χ2n) is 5.17. The average molecular weight is 251 g/mol. The molecule has 1 saturated heterocycles. The summed E-state index contributed by atoms with van der Waals surface area (Å²) in [6, 6.07) is 4.85. The number of aryl methyl sites for hydroxylation is 1. The highest BCUT2D eigenvalue weighted by atomic mass is 16.4. The number of carbonyl (C=O) groups is 1. The molecule has 2 rings (SSSR count). The summed E-state index contributed by atoms with van der Waals surface area (Å²) in [6.45, 7) is 4.43. The number of hydrogen-bond acceptors (Lipinski definition) is 3. The molecule has 1 aliphatic heterocycles. The van der Waals surface area contributed by atoms with Gasteiger partial charge in [-0.15, -0.1) is 0 Å². The summed E-state index contributed by atoms with van der Waals surface area (Å²) in [4.78, 5) is 12.8. The van der Waals surface area contributed by atoms with E-state index in [4.69, 9.17) is 9.52 Å². The summed E-state index contributed by atoms with van der Waals surface area (Å²) in [7, 11) is 0. The van der Waals surface area contributed by atoms with Gasteiger partial charge in [0.15, 0.2) is 5.88 Å². The van der Waals surface area contributed by atoms with Gasteiger partial charge in [-0.1, -0.05) is 0 Å². The number of hydrogen-bond donors (Lipinski definition) is 1. The van der Waals surface area contributed by atoms with Crippen LogP contribution in [0.3, 0.4) is 0 Å². The van der Waals surface area contributed by atoms with Crippen molar-refractivity contribution in [2.24, 2.45) is 0 Å². The first kappa shape index (κ1) is 13.0. The third-order valence-corrected chi connectivity index (χ3v) is 3.68. The molecule has 1 fully saturated rings. The minimum Gasteiger partial charge on any atom is -0.481 e. The number of aliphatic carboxylic acids is 1. The summed E-state index contributed by atoms with van der Waals surface area (Å²) < 4.78 is 5.78. The van der Waals surface area contributed by atoms with Crippen LogP contribution in [0.2, 0.25) is 0 Å². The first-order valence-corrected chi connectivity index (χ1v) is 6.66. The van der Waals surface area contributed by atoms with E-state index in [0.29, 0.717) is 18.5 Å². The van der Waals surface area contributed by atoms with E-state index in [2.05, 4.69) is 18.7 Å². The van der Waals surface area contributed by atoms with Crippen molar-refractivity contribution in [3.05, 3.63) is 17.9 Å². The lowest BCUT2D eigenvalue weighted by Crippen LogP contribution is -2.43. The molecule has 2 unspecified atom stereocenters. The molecule has 4 nitrogen and oxygen atoms in total. The Morgan fingerprint density at radius 3 is 2.67 bits per heavy atom. The Hall–Kier alpha value is -1.45. The van der Waals surface area contributed by atoms with Crippen LogP contribution in [0, 0.1) is 0 Å². The molecule has 2 atom stereocenters. The lowest BCUT2D eigenvalue weighted by molar-refractivity contribution is -0.137. The van der Waals surface area contributed by atoms with Crippen molar-refractivity contribution in [2.45, 2.75) is 58.0 Å². The number of furan rings is 1. The van der Waals surface area contributed by atoms with E-state index in [1.54, 1.807) is 0 Å². The molecule has 0 saturated carbocycles. The standard InChI is InChI=1S/C14H21NO3/c1-10-4-3-5-11(2)15(10)13-8-6-12(18-13)7-9-14(16)17/h6,8,10-11H,3-5,7,9H2,1-2H3,(H,16,17). The first-order valence-electron chi connectivity index (χ1n) is 6.66. The third-order valence-electron chi connectivity index (χ3n) is 3.68. The van der Waals surface area contributed by atoms with Crippen molar-refractivity contribution in [2.75, 3.05) is 4.90 Å². The SMILES string of the molecule is CC1CCCC(C)N1c1ccc(CCC(=O)O)o1. The third kappa shape index (κ3) is 2.86. The molecule has 0 aromatic carbocycles. The highest BCUT2D eigenvalue weighted by Crippen LogP contribution is 2.30. The molecule has 1 aliphatic rings. The summed E-state index contributed by atoms with van der Waals surface area (Å²) in [6.07, 6.45) is 4.24. The zero-order chi connectivity index (χ0) is 13.1. The predicted octanol–water partition coefficient (Wildman–Crippen LogP) is 3.06. The van der Waals surface area contributed by atoms with Crippen molar-refractivity contribution < 1.29 is 14.3 Å². The van der Waals surface area contributed by atoms with Crippen LogP contribution in [0.4, 0.5) is 5.88 Å². The number of anilines is 1. The van der Waals surface area contributed by atoms with Gasteiger partial charge in [-0.3, -0.25) is 4.79 Å². The zero-order valence-electron chi connectivity index (χ0n) is 11.1. The van der Waals surface area contributed by atoms with E-state index in [1.165, 1.54) is 19.3 Å². The Bertz CT molecular complexity index is 403. The van der Waals surface area contributed by atoms with Gasteiger partial charge in [-0.2, -0.15) is 0 Å². The Morgan fingerprint density at radius 2 is 2.06 bits per heavy atom. The minimum absolute atomic E-state index is 0.123. The maximum Gasteiger partial charge on any atom is 0.303 e. The maximum atomic E-state index is 10.5. The van der Waals surface area contributed by atoms with Gasteiger partial charge >= 0.3 is 5.97 Å². The Morgan fingerprint density at radius 1 is 1.39 bits per heavy atom. The molecule has 0 aliphatic carbocycles. The van der Waals surface area contributed by atoms with Crippen molar-refractivity contribution >= 4 is 11.9 Å². The summed E-state index contributed by atoms with van der Waals surface area (Å²) in [5.74, 6) is 0.861. The molecule has 0 bridgehead atoms. The normalized spacial score (nSPS) is 24.2. The molecular formula is C14H21NO3. The monoisotopic (exact) mass is 251 g/mol. The molecule has 18 heavy (non-hydrogen) atoms. The molecule has 4 heteroatoms. The number of piperidine rings is 1. The second kappa shape index (κ2) is 5.46. The van der Waals surface area contributed by atoms with E-state index in [0.717, 1.165) is 11.6 Å². The minimum atomic E-state index is -0.785. The fourth-order valence-corrected chi connectivity index (χ4v) is 2.73. The van der Waals surface area contributed by atoms with Crippen LogP contribution in [0.25, 0.3) is 0 Å². The van der Waals surface area contributed by atoms with Gasteiger partial charge in [0, 0.05) is 24.6 Å². The van der Waals surface area contributed by atoms with Gasteiger partial charge in [0.2, 0.25) is 0 Å². The molecule has 0 amide bonds. The fraction of sp³-hybridized carbons (Fsp3) is 0.643. The van der Waals surface area contributed by atoms with Gasteiger partial charge < -0.3 is 14.4 Å². The van der Waals surface area contributed by atoms with E-state index in [1.807, 2.05) is 12.1 Å². The predicted molar refractivity (Wildman–Crippen MR) is 69.9 cm³/mol. The smallest absolute Gasteiger partial charge is 0.303 e. The number of carboxylic acid groups (broad SMARTS) is 1. The Labute approximate surface area is 108 Å². The summed E-state index contributed by atoms with van der Waals surface area (Å²) >= 11 is 0. The van der Waals surface area contributed by atoms with Crippen LogP contribution in [0.1, 0.15) is 45.3 Å².